The van der Waals surface area contributed by atoms with E-state index >= 15 is 0 Å². The normalized spacial score (nSPS) is 16.2. The number of nitrogens with zero attached hydrogens (tertiary/aromatic N) is 3. The molecule has 1 aromatic carbocycles. The largest absolute Gasteiger partial charge is 0.469 e. The Balaban J connectivity index is 2.06. The molecule has 1 aromatic rings. The van der Waals surface area contributed by atoms with Crippen molar-refractivity contribution in [2.45, 2.75) is 51.1 Å². The van der Waals surface area contributed by atoms with E-state index in [9.17, 15) is 13.2 Å². The van der Waals surface area contributed by atoms with Crippen LogP contribution >= 0.6 is 0 Å². The minimum Gasteiger partial charge on any atom is -0.469 e. The first kappa shape index (κ1) is 24.1. The molecule has 1 fully saturated rings. The molecule has 0 bridgehead atoms. The Kier molecular flexibility index (Phi) is 8.66. The fourth-order valence-corrected chi connectivity index (χ4v) is 4.66. The number of carbonyl (C=O) groups is 1. The third-order valence-electron chi connectivity index (χ3n) is 5.40. The number of guanidine groups is 1. The standard InChI is InChI=1S/C21H34N4O4S/c1-6-22-21(25-13-11-18(12-14-25)20(26)29-5)23-15-17-7-9-19(10-8-17)30(27,28)24(4)16(2)3/h7-10,16,18H,6,11-15H2,1-5H3,(H,22,23). The lowest BCUT2D eigenvalue weighted by Crippen LogP contribution is -2.46. The van der Waals surface area contributed by atoms with E-state index in [0.717, 1.165) is 44.0 Å². The minimum atomic E-state index is -3.49. The van der Waals surface area contributed by atoms with Crippen molar-refractivity contribution in [2.24, 2.45) is 10.9 Å². The van der Waals surface area contributed by atoms with Gasteiger partial charge in [0.25, 0.3) is 0 Å². The summed E-state index contributed by atoms with van der Waals surface area (Å²) in [6.07, 6.45) is 1.49. The van der Waals surface area contributed by atoms with Crippen molar-refractivity contribution in [3.8, 4) is 0 Å². The smallest absolute Gasteiger partial charge is 0.308 e. The molecule has 0 spiro atoms. The molecule has 168 valence electrons. The number of likely N-dealkylation sites (tertiary alicyclic amines) is 1. The van der Waals surface area contributed by atoms with Gasteiger partial charge in [-0.1, -0.05) is 12.1 Å². The third-order valence-corrected chi connectivity index (χ3v) is 7.45. The van der Waals surface area contributed by atoms with E-state index < -0.39 is 10.0 Å². The number of methoxy groups -OCH3 is 1. The fourth-order valence-electron chi connectivity index (χ4n) is 3.30. The average Bonchev–Trinajstić information content (AvgIpc) is 2.75. The van der Waals surface area contributed by atoms with Gasteiger partial charge in [-0.3, -0.25) is 4.79 Å². The van der Waals surface area contributed by atoms with E-state index in [1.54, 1.807) is 31.3 Å². The highest BCUT2D eigenvalue weighted by atomic mass is 32.2. The second-order valence-corrected chi connectivity index (χ2v) is 9.71. The lowest BCUT2D eigenvalue weighted by molar-refractivity contribution is -0.146. The molecule has 8 nitrogen and oxygen atoms in total. The van der Waals surface area contributed by atoms with Gasteiger partial charge in [0.1, 0.15) is 0 Å². The van der Waals surface area contributed by atoms with E-state index in [0.29, 0.717) is 6.54 Å². The van der Waals surface area contributed by atoms with Crippen LogP contribution in [0.15, 0.2) is 34.2 Å². The number of sulfonamides is 1. The maximum absolute atomic E-state index is 12.6. The van der Waals surface area contributed by atoms with Gasteiger partial charge in [-0.2, -0.15) is 4.31 Å². The van der Waals surface area contributed by atoms with Gasteiger partial charge in [0, 0.05) is 32.7 Å². The van der Waals surface area contributed by atoms with E-state index in [-0.39, 0.29) is 22.8 Å². The first-order chi connectivity index (χ1) is 14.2. The Bertz CT molecular complexity index is 829. The Morgan fingerprint density at radius 2 is 1.87 bits per heavy atom. The molecular weight excluding hydrogens is 404 g/mol. The van der Waals surface area contributed by atoms with Crippen LogP contribution in [0.25, 0.3) is 0 Å². The molecule has 1 aliphatic rings. The molecule has 1 N–H and O–H groups in total. The summed E-state index contributed by atoms with van der Waals surface area (Å²) in [4.78, 5) is 18.9. The minimum absolute atomic E-state index is 0.0485. The molecule has 9 heteroatoms. The van der Waals surface area contributed by atoms with Crippen LogP contribution in [0.2, 0.25) is 0 Å². The molecular formula is C21H34N4O4S. The molecule has 0 atom stereocenters. The first-order valence-corrected chi connectivity index (χ1v) is 11.8. The second-order valence-electron chi connectivity index (χ2n) is 7.71. The molecule has 1 saturated heterocycles. The summed E-state index contributed by atoms with van der Waals surface area (Å²) in [5, 5.41) is 3.30. The average molecular weight is 439 g/mol. The van der Waals surface area contributed by atoms with E-state index in [1.165, 1.54) is 11.4 Å². The van der Waals surface area contributed by atoms with Crippen LogP contribution in [0, 0.1) is 5.92 Å². The molecule has 1 aliphatic heterocycles. The lowest BCUT2D eigenvalue weighted by atomic mass is 9.97. The summed E-state index contributed by atoms with van der Waals surface area (Å²) in [7, 11) is -0.472. The van der Waals surface area contributed by atoms with Crippen molar-refractivity contribution < 1.29 is 17.9 Å². The number of esters is 1. The molecule has 30 heavy (non-hydrogen) atoms. The van der Waals surface area contributed by atoms with Crippen molar-refractivity contribution in [3.05, 3.63) is 29.8 Å². The van der Waals surface area contributed by atoms with Gasteiger partial charge in [-0.15, -0.1) is 0 Å². The zero-order valence-corrected chi connectivity index (χ0v) is 19.4. The Labute approximate surface area is 180 Å². The zero-order chi connectivity index (χ0) is 22.3. The monoisotopic (exact) mass is 438 g/mol. The van der Waals surface area contributed by atoms with E-state index in [4.69, 9.17) is 9.73 Å². The van der Waals surface area contributed by atoms with Gasteiger partial charge < -0.3 is 15.0 Å². The predicted molar refractivity (Wildman–Crippen MR) is 118 cm³/mol. The lowest BCUT2D eigenvalue weighted by Gasteiger charge is -2.33. The summed E-state index contributed by atoms with van der Waals surface area (Å²) in [6, 6.07) is 6.77. The van der Waals surface area contributed by atoms with E-state index in [2.05, 4.69) is 10.2 Å². The zero-order valence-electron chi connectivity index (χ0n) is 18.6. The van der Waals surface area contributed by atoms with Gasteiger partial charge in [-0.25, -0.2) is 13.4 Å². The highest BCUT2D eigenvalue weighted by molar-refractivity contribution is 7.89. The molecule has 0 aliphatic carbocycles. The van der Waals surface area contributed by atoms with Gasteiger partial charge >= 0.3 is 5.97 Å². The van der Waals surface area contributed by atoms with Crippen molar-refractivity contribution in [2.75, 3.05) is 33.8 Å². The Hall–Kier alpha value is -2.13. The molecule has 0 aromatic heterocycles. The van der Waals surface area contributed by atoms with Gasteiger partial charge in [0.2, 0.25) is 10.0 Å². The van der Waals surface area contributed by atoms with Crippen LogP contribution in [0.3, 0.4) is 0 Å². The van der Waals surface area contributed by atoms with Crippen molar-refractivity contribution >= 4 is 22.0 Å². The number of aliphatic imine (C=N–C) groups is 1. The van der Waals surface area contributed by atoms with Crippen LogP contribution in [0.4, 0.5) is 0 Å². The Morgan fingerprint density at radius 1 is 1.27 bits per heavy atom. The molecule has 0 radical (unpaired) electrons. The van der Waals surface area contributed by atoms with Crippen LogP contribution in [-0.2, 0) is 26.1 Å². The fraction of sp³-hybridized carbons (Fsp3) is 0.619. The second kappa shape index (κ2) is 10.8. The first-order valence-electron chi connectivity index (χ1n) is 10.4. The van der Waals surface area contributed by atoms with Crippen LogP contribution in [0.5, 0.6) is 0 Å². The maximum atomic E-state index is 12.6. The van der Waals surface area contributed by atoms with Crippen molar-refractivity contribution in [1.29, 1.82) is 0 Å². The molecule has 1 heterocycles. The van der Waals surface area contributed by atoms with Crippen molar-refractivity contribution in [1.82, 2.24) is 14.5 Å². The number of carbonyl (C=O) groups excluding carboxylic acids is 1. The molecule has 0 saturated carbocycles. The quantitative estimate of drug-likeness (QED) is 0.398. The molecule has 2 rings (SSSR count). The van der Waals surface area contributed by atoms with Gasteiger partial charge in [0.15, 0.2) is 5.96 Å². The number of ether oxygens (including phenoxy) is 1. The van der Waals surface area contributed by atoms with Crippen molar-refractivity contribution in [3.63, 3.8) is 0 Å². The Morgan fingerprint density at radius 3 is 2.37 bits per heavy atom. The topological polar surface area (TPSA) is 91.3 Å². The number of hydrogen-bond acceptors (Lipinski definition) is 5. The van der Waals surface area contributed by atoms with Crippen LogP contribution in [0.1, 0.15) is 39.2 Å². The molecule has 0 amide bonds. The number of benzene rings is 1. The highest BCUT2D eigenvalue weighted by Crippen LogP contribution is 2.20. The highest BCUT2D eigenvalue weighted by Gasteiger charge is 2.27. The summed E-state index contributed by atoms with van der Waals surface area (Å²) in [5.74, 6) is 0.611. The summed E-state index contributed by atoms with van der Waals surface area (Å²) in [5.41, 5.74) is 0.931. The van der Waals surface area contributed by atoms with Gasteiger partial charge in [-0.05, 0) is 51.3 Å². The summed E-state index contributed by atoms with van der Waals surface area (Å²) < 4.78 is 31.4. The van der Waals surface area contributed by atoms with Gasteiger partial charge in [0.05, 0.1) is 24.5 Å². The predicted octanol–water partition coefficient (Wildman–Crippen LogP) is 2.07. The number of rotatable bonds is 7. The number of nitrogens with one attached hydrogen (secondary N) is 1. The third kappa shape index (κ3) is 5.95. The van der Waals surface area contributed by atoms with Crippen LogP contribution in [-0.4, -0.2) is 69.4 Å². The van der Waals surface area contributed by atoms with E-state index in [1.807, 2.05) is 20.8 Å². The number of hydrogen-bond donors (Lipinski definition) is 1. The summed E-state index contributed by atoms with van der Waals surface area (Å²) in [6.45, 7) is 8.37. The number of piperidine rings is 1. The molecule has 0 unspecified atom stereocenters. The maximum Gasteiger partial charge on any atom is 0.308 e. The SMILES string of the molecule is CCNC(=NCc1ccc(S(=O)(=O)N(C)C(C)C)cc1)N1CCC(C(=O)OC)CC1. The summed E-state index contributed by atoms with van der Waals surface area (Å²) >= 11 is 0. The van der Waals surface area contributed by atoms with Crippen LogP contribution < -0.4 is 5.32 Å².